The predicted molar refractivity (Wildman–Crippen MR) is 110 cm³/mol. The highest BCUT2D eigenvalue weighted by Crippen LogP contribution is 2.27. The Balaban J connectivity index is 1.43. The summed E-state index contributed by atoms with van der Waals surface area (Å²) in [6.07, 6.45) is 1.67. The molecule has 1 N–H and O–H groups in total. The van der Waals surface area contributed by atoms with Gasteiger partial charge in [0.05, 0.1) is 12.9 Å². The average molecular weight is 421 g/mol. The Hall–Kier alpha value is -1.97. The molecule has 1 aliphatic rings. The number of nitrogens with zero attached hydrogens (tertiary/aromatic N) is 3. The van der Waals surface area contributed by atoms with Crippen LogP contribution < -0.4 is 5.32 Å². The molecular weight excluding hydrogens is 396 g/mol. The molecule has 0 aliphatic carbocycles. The van der Waals surface area contributed by atoms with Gasteiger partial charge in [0.2, 0.25) is 11.0 Å². The molecule has 150 valence electrons. The van der Waals surface area contributed by atoms with E-state index in [9.17, 15) is 9.59 Å². The molecule has 0 bridgehead atoms. The maximum atomic E-state index is 12.5. The molecule has 0 spiro atoms. The predicted octanol–water partition coefficient (Wildman–Crippen LogP) is 2.96. The van der Waals surface area contributed by atoms with E-state index in [4.69, 9.17) is 0 Å². The van der Waals surface area contributed by atoms with Crippen LogP contribution in [0.5, 0.6) is 0 Å². The molecule has 0 atom stereocenters. The van der Waals surface area contributed by atoms with E-state index in [1.54, 1.807) is 0 Å². The first-order valence-electron chi connectivity index (χ1n) is 9.15. The third kappa shape index (κ3) is 6.02. The fourth-order valence-corrected chi connectivity index (χ4v) is 4.60. The number of likely N-dealkylation sites (tertiary alicyclic amines) is 1. The van der Waals surface area contributed by atoms with Crippen molar-refractivity contribution in [1.82, 2.24) is 15.1 Å². The number of amides is 1. The normalized spacial score (nSPS) is 15.4. The number of thioether (sulfide) groups is 1. The van der Waals surface area contributed by atoms with Gasteiger partial charge in [-0.2, -0.15) is 0 Å². The molecule has 9 heteroatoms. The molecular formula is C19H24N4O3S2. The summed E-state index contributed by atoms with van der Waals surface area (Å²) < 4.78 is 5.23. The molecule has 1 aliphatic heterocycles. The lowest BCUT2D eigenvalue weighted by atomic mass is 9.95. The Morgan fingerprint density at radius 3 is 2.64 bits per heavy atom. The van der Waals surface area contributed by atoms with Crippen LogP contribution in [-0.2, 0) is 20.9 Å². The van der Waals surface area contributed by atoms with Crippen LogP contribution in [0.15, 0.2) is 28.6 Å². The minimum Gasteiger partial charge on any atom is -0.468 e. The van der Waals surface area contributed by atoms with Crippen LogP contribution in [0.4, 0.5) is 5.13 Å². The highest BCUT2D eigenvalue weighted by Gasteiger charge is 2.25. The first-order valence-corrected chi connectivity index (χ1v) is 11.0. The number of benzene rings is 1. The summed E-state index contributed by atoms with van der Waals surface area (Å²) in [4.78, 5) is 26.1. The van der Waals surface area contributed by atoms with Gasteiger partial charge in [-0.25, -0.2) is 0 Å². The number of aromatic nitrogens is 2. The summed E-state index contributed by atoms with van der Waals surface area (Å²) in [7, 11) is 1.35. The van der Waals surface area contributed by atoms with Gasteiger partial charge < -0.3 is 10.1 Å². The second-order valence-corrected chi connectivity index (χ2v) is 8.96. The summed E-state index contributed by atoms with van der Waals surface area (Å²) in [6, 6.07) is 8.60. The van der Waals surface area contributed by atoms with Gasteiger partial charge >= 0.3 is 5.97 Å². The van der Waals surface area contributed by atoms with E-state index in [-0.39, 0.29) is 23.5 Å². The van der Waals surface area contributed by atoms with Gasteiger partial charge in [0.1, 0.15) is 0 Å². The molecule has 1 saturated heterocycles. The van der Waals surface area contributed by atoms with Crippen LogP contribution in [0.2, 0.25) is 0 Å². The highest BCUT2D eigenvalue weighted by atomic mass is 32.2. The van der Waals surface area contributed by atoms with Crippen molar-refractivity contribution in [1.29, 1.82) is 0 Å². The number of anilines is 1. The van der Waals surface area contributed by atoms with Crippen molar-refractivity contribution in [2.24, 2.45) is 5.92 Å². The Kier molecular flexibility index (Phi) is 7.41. The van der Waals surface area contributed by atoms with Crippen molar-refractivity contribution in [3.8, 4) is 0 Å². The first kappa shape index (κ1) is 20.8. The largest absolute Gasteiger partial charge is 0.468 e. The molecule has 1 fully saturated rings. The van der Waals surface area contributed by atoms with Crippen LogP contribution in [0.1, 0.15) is 24.0 Å². The molecule has 0 saturated carbocycles. The van der Waals surface area contributed by atoms with Crippen molar-refractivity contribution in [3.05, 3.63) is 35.4 Å². The molecule has 1 aromatic carbocycles. The maximum absolute atomic E-state index is 12.5. The van der Waals surface area contributed by atoms with E-state index in [0.29, 0.717) is 9.47 Å². The smallest absolute Gasteiger partial charge is 0.316 e. The second kappa shape index (κ2) is 9.99. The minimum atomic E-state index is -0.316. The number of aryl methyl sites for hydroxylation is 1. The van der Waals surface area contributed by atoms with Gasteiger partial charge in [-0.15, -0.1) is 10.2 Å². The molecule has 1 amide bonds. The van der Waals surface area contributed by atoms with E-state index >= 15 is 0 Å². The Morgan fingerprint density at radius 1 is 1.25 bits per heavy atom. The van der Waals surface area contributed by atoms with Crippen molar-refractivity contribution in [2.75, 3.05) is 31.3 Å². The summed E-state index contributed by atoms with van der Waals surface area (Å²) >= 11 is 2.52. The molecule has 1 aromatic heterocycles. The number of nitrogens with one attached hydrogen (secondary N) is 1. The third-order valence-corrected chi connectivity index (χ3v) is 6.61. The van der Waals surface area contributed by atoms with Gasteiger partial charge in [0, 0.05) is 12.5 Å². The molecule has 2 heterocycles. The molecule has 3 rings (SSSR count). The molecule has 7 nitrogen and oxygen atoms in total. The van der Waals surface area contributed by atoms with E-state index in [1.165, 1.54) is 41.3 Å². The van der Waals surface area contributed by atoms with Crippen LogP contribution in [0.25, 0.3) is 0 Å². The zero-order valence-corrected chi connectivity index (χ0v) is 17.6. The van der Waals surface area contributed by atoms with Crippen molar-refractivity contribution in [3.63, 3.8) is 0 Å². The van der Waals surface area contributed by atoms with E-state index in [1.807, 2.05) is 0 Å². The number of esters is 1. The van der Waals surface area contributed by atoms with Gasteiger partial charge in [0.15, 0.2) is 4.34 Å². The first-order chi connectivity index (χ1) is 13.5. The van der Waals surface area contributed by atoms with Gasteiger partial charge in [-0.05, 0) is 38.4 Å². The SMILES string of the molecule is COC(=O)CSc1nnc(NC(=O)C2CCN(Cc3ccc(C)cc3)CC2)s1. The Morgan fingerprint density at radius 2 is 1.96 bits per heavy atom. The lowest BCUT2D eigenvalue weighted by Crippen LogP contribution is -2.37. The highest BCUT2D eigenvalue weighted by molar-refractivity contribution is 8.01. The number of piperidine rings is 1. The van der Waals surface area contributed by atoms with Crippen molar-refractivity contribution in [2.45, 2.75) is 30.6 Å². The quantitative estimate of drug-likeness (QED) is 0.419. The van der Waals surface area contributed by atoms with Gasteiger partial charge in [-0.1, -0.05) is 52.9 Å². The number of hydrogen-bond donors (Lipinski definition) is 1. The number of methoxy groups -OCH3 is 1. The van der Waals surface area contributed by atoms with Gasteiger partial charge in [-0.3, -0.25) is 14.5 Å². The number of rotatable bonds is 7. The van der Waals surface area contributed by atoms with Crippen molar-refractivity contribution < 1.29 is 14.3 Å². The molecule has 0 unspecified atom stereocenters. The Bertz CT molecular complexity index is 802. The molecule has 2 aromatic rings. The monoisotopic (exact) mass is 420 g/mol. The Labute approximate surface area is 172 Å². The number of ether oxygens (including phenoxy) is 1. The van der Waals surface area contributed by atoms with Crippen LogP contribution in [-0.4, -0.2) is 52.9 Å². The minimum absolute atomic E-state index is 0.00402. The average Bonchev–Trinajstić information content (AvgIpc) is 3.15. The van der Waals surface area contributed by atoms with E-state index < -0.39 is 0 Å². The van der Waals surface area contributed by atoms with E-state index in [0.717, 1.165) is 32.5 Å². The lowest BCUT2D eigenvalue weighted by Gasteiger charge is -2.31. The molecule has 28 heavy (non-hydrogen) atoms. The summed E-state index contributed by atoms with van der Waals surface area (Å²) in [5.74, 6) is -0.151. The zero-order valence-electron chi connectivity index (χ0n) is 16.0. The number of carbonyl (C=O) groups is 2. The lowest BCUT2D eigenvalue weighted by molar-refractivity contribution is -0.137. The third-order valence-electron chi connectivity index (χ3n) is 4.66. The zero-order chi connectivity index (χ0) is 19.9. The number of carbonyl (C=O) groups excluding carboxylic acids is 2. The topological polar surface area (TPSA) is 84.4 Å². The van der Waals surface area contributed by atoms with Crippen LogP contribution in [0.3, 0.4) is 0 Å². The summed E-state index contributed by atoms with van der Waals surface area (Å²) in [5.41, 5.74) is 2.57. The van der Waals surface area contributed by atoms with Gasteiger partial charge in [0.25, 0.3) is 0 Å². The standard InChI is InChI=1S/C19H24N4O3S2/c1-13-3-5-14(6-4-13)11-23-9-7-15(8-10-23)17(25)20-18-21-22-19(28-18)27-12-16(24)26-2/h3-6,15H,7-12H2,1-2H3,(H,20,21,25). The maximum Gasteiger partial charge on any atom is 0.316 e. The van der Waals surface area contributed by atoms with Crippen LogP contribution >= 0.6 is 23.1 Å². The van der Waals surface area contributed by atoms with E-state index in [2.05, 4.69) is 56.3 Å². The molecule has 0 radical (unpaired) electrons. The fourth-order valence-electron chi connectivity index (χ4n) is 3.01. The number of hydrogen-bond acceptors (Lipinski definition) is 8. The summed E-state index contributed by atoms with van der Waals surface area (Å²) in [6.45, 7) is 4.82. The van der Waals surface area contributed by atoms with Crippen LogP contribution in [0, 0.1) is 12.8 Å². The fraction of sp³-hybridized carbons (Fsp3) is 0.474. The van der Waals surface area contributed by atoms with Crippen molar-refractivity contribution >= 4 is 40.1 Å². The second-order valence-electron chi connectivity index (χ2n) is 6.76. The summed E-state index contributed by atoms with van der Waals surface area (Å²) in [5, 5.41) is 11.3.